The quantitative estimate of drug-likeness (QED) is 0.345. The van der Waals surface area contributed by atoms with Gasteiger partial charge in [0.05, 0.1) is 31.4 Å². The number of benzene rings is 3. The molecule has 0 spiro atoms. The van der Waals surface area contributed by atoms with Gasteiger partial charge in [-0.3, -0.25) is 4.79 Å². The molecule has 4 aromatic rings. The van der Waals surface area contributed by atoms with Crippen molar-refractivity contribution in [3.8, 4) is 17.2 Å². The Kier molecular flexibility index (Phi) is 7.88. The second-order valence-electron chi connectivity index (χ2n) is 9.14. The first-order valence-corrected chi connectivity index (χ1v) is 13.0. The van der Waals surface area contributed by atoms with Gasteiger partial charge in [0, 0.05) is 49.6 Å². The standard InChI is InChI=1S/C29H30ClN5O4/c1-37-25-17-21-23(18-26(25)38-2)32-29(33-27(21)31)35-13-11-34(12-14-35)28(36)20-8-9-24(22(30)16-20)39-15-10-19-6-4-3-5-7-19/h3-9,16-18H,10-15H2,1-2H3,(H2,31,32,33). The zero-order chi connectivity index (χ0) is 27.4. The van der Waals surface area contributed by atoms with E-state index in [4.69, 9.17) is 36.5 Å². The van der Waals surface area contributed by atoms with Crippen molar-refractivity contribution in [1.29, 1.82) is 0 Å². The van der Waals surface area contributed by atoms with Crippen LogP contribution in [-0.2, 0) is 6.42 Å². The highest BCUT2D eigenvalue weighted by Gasteiger charge is 2.25. The maximum absolute atomic E-state index is 13.2. The Hall–Kier alpha value is -4.24. The second-order valence-corrected chi connectivity index (χ2v) is 9.55. The van der Waals surface area contributed by atoms with Gasteiger partial charge in [-0.15, -0.1) is 0 Å². The molecule has 2 N–H and O–H groups in total. The molecule has 0 atom stereocenters. The summed E-state index contributed by atoms with van der Waals surface area (Å²) in [6.45, 7) is 2.66. The van der Waals surface area contributed by atoms with Crippen molar-refractivity contribution < 1.29 is 19.0 Å². The molecule has 0 bridgehead atoms. The predicted molar refractivity (Wildman–Crippen MR) is 152 cm³/mol. The highest BCUT2D eigenvalue weighted by Crippen LogP contribution is 2.34. The van der Waals surface area contributed by atoms with Gasteiger partial charge < -0.3 is 29.7 Å². The zero-order valence-corrected chi connectivity index (χ0v) is 22.6. The molecule has 9 nitrogen and oxygen atoms in total. The summed E-state index contributed by atoms with van der Waals surface area (Å²) in [6.07, 6.45) is 0.774. The topological polar surface area (TPSA) is 103 Å². The smallest absolute Gasteiger partial charge is 0.254 e. The highest BCUT2D eigenvalue weighted by atomic mass is 35.5. The number of amides is 1. The number of methoxy groups -OCH3 is 2. The van der Waals surface area contributed by atoms with E-state index in [0.29, 0.717) is 83.3 Å². The minimum atomic E-state index is -0.0804. The number of carbonyl (C=O) groups excluding carboxylic acids is 1. The van der Waals surface area contributed by atoms with Crippen molar-refractivity contribution in [2.24, 2.45) is 0 Å². The summed E-state index contributed by atoms with van der Waals surface area (Å²) in [5.74, 6) is 2.48. The van der Waals surface area contributed by atoms with E-state index >= 15 is 0 Å². The van der Waals surface area contributed by atoms with Crippen molar-refractivity contribution in [3.05, 3.63) is 76.8 Å². The van der Waals surface area contributed by atoms with E-state index in [-0.39, 0.29) is 5.91 Å². The summed E-state index contributed by atoms with van der Waals surface area (Å²) in [5, 5.41) is 1.11. The molecule has 3 aromatic carbocycles. The summed E-state index contributed by atoms with van der Waals surface area (Å²) in [6, 6.07) is 18.8. The van der Waals surface area contributed by atoms with Crippen molar-refractivity contribution in [1.82, 2.24) is 14.9 Å². The highest BCUT2D eigenvalue weighted by molar-refractivity contribution is 6.32. The minimum Gasteiger partial charge on any atom is -0.493 e. The maximum Gasteiger partial charge on any atom is 0.254 e. The maximum atomic E-state index is 13.2. The number of aromatic nitrogens is 2. The van der Waals surface area contributed by atoms with E-state index < -0.39 is 0 Å². The average Bonchev–Trinajstić information content (AvgIpc) is 2.97. The molecule has 0 unspecified atom stereocenters. The Balaban J connectivity index is 1.21. The van der Waals surface area contributed by atoms with Gasteiger partial charge in [0.25, 0.3) is 5.91 Å². The first kappa shape index (κ1) is 26.4. The van der Waals surface area contributed by atoms with Crippen LogP contribution in [0.4, 0.5) is 11.8 Å². The van der Waals surface area contributed by atoms with E-state index in [0.717, 1.165) is 6.42 Å². The number of nitrogens with zero attached hydrogens (tertiary/aromatic N) is 4. The van der Waals surface area contributed by atoms with Crippen LogP contribution in [0.5, 0.6) is 17.2 Å². The lowest BCUT2D eigenvalue weighted by atomic mass is 10.1. The number of rotatable bonds is 8. The van der Waals surface area contributed by atoms with Crippen molar-refractivity contribution in [2.75, 3.05) is 57.6 Å². The first-order valence-electron chi connectivity index (χ1n) is 12.7. The predicted octanol–water partition coefficient (Wildman–Crippen LogP) is 4.47. The molecule has 1 amide bonds. The van der Waals surface area contributed by atoms with Crippen LogP contribution < -0.4 is 24.8 Å². The van der Waals surface area contributed by atoms with Gasteiger partial charge in [-0.25, -0.2) is 4.98 Å². The van der Waals surface area contributed by atoms with Crippen LogP contribution in [0.1, 0.15) is 15.9 Å². The van der Waals surface area contributed by atoms with Crippen LogP contribution in [0, 0.1) is 0 Å². The molecule has 0 saturated carbocycles. The number of hydrogen-bond donors (Lipinski definition) is 1. The van der Waals surface area contributed by atoms with E-state index in [1.165, 1.54) is 5.56 Å². The lowest BCUT2D eigenvalue weighted by Crippen LogP contribution is -2.49. The molecule has 1 aliphatic rings. The Labute approximate surface area is 232 Å². The van der Waals surface area contributed by atoms with Crippen molar-refractivity contribution in [3.63, 3.8) is 0 Å². The third-order valence-electron chi connectivity index (χ3n) is 6.74. The second kappa shape index (κ2) is 11.7. The van der Waals surface area contributed by atoms with Crippen LogP contribution in [0.15, 0.2) is 60.7 Å². The molecule has 1 saturated heterocycles. The number of anilines is 2. The summed E-state index contributed by atoms with van der Waals surface area (Å²) in [7, 11) is 3.14. The van der Waals surface area contributed by atoms with Gasteiger partial charge in [0.2, 0.25) is 5.95 Å². The van der Waals surface area contributed by atoms with Crippen LogP contribution in [0.2, 0.25) is 5.02 Å². The Morgan fingerprint density at radius 3 is 2.33 bits per heavy atom. The molecule has 5 rings (SSSR count). The summed E-state index contributed by atoms with van der Waals surface area (Å²) in [5.41, 5.74) is 8.63. The van der Waals surface area contributed by atoms with Crippen LogP contribution >= 0.6 is 11.6 Å². The largest absolute Gasteiger partial charge is 0.493 e. The van der Waals surface area contributed by atoms with Gasteiger partial charge in [0.1, 0.15) is 11.6 Å². The SMILES string of the molecule is COc1cc2nc(N3CCN(C(=O)c4ccc(OCCc5ccccc5)c(Cl)c4)CC3)nc(N)c2cc1OC. The third kappa shape index (κ3) is 5.78. The Morgan fingerprint density at radius 1 is 0.923 bits per heavy atom. The number of nitrogens with two attached hydrogens (primary N) is 1. The van der Waals surface area contributed by atoms with Gasteiger partial charge in [-0.1, -0.05) is 41.9 Å². The van der Waals surface area contributed by atoms with Gasteiger partial charge in [-0.05, 0) is 29.8 Å². The zero-order valence-electron chi connectivity index (χ0n) is 21.9. The number of halogens is 1. The number of nitrogen functional groups attached to an aromatic ring is 1. The van der Waals surface area contributed by atoms with Crippen molar-refractivity contribution in [2.45, 2.75) is 6.42 Å². The van der Waals surface area contributed by atoms with E-state index in [1.807, 2.05) is 23.1 Å². The minimum absolute atomic E-state index is 0.0804. The van der Waals surface area contributed by atoms with Crippen LogP contribution in [0.25, 0.3) is 10.9 Å². The number of carbonyl (C=O) groups is 1. The number of ether oxygens (including phenoxy) is 3. The summed E-state index contributed by atoms with van der Waals surface area (Å²) >= 11 is 6.45. The lowest BCUT2D eigenvalue weighted by molar-refractivity contribution is 0.0746. The van der Waals surface area contributed by atoms with Gasteiger partial charge in [-0.2, -0.15) is 4.98 Å². The summed E-state index contributed by atoms with van der Waals surface area (Å²) < 4.78 is 16.6. The summed E-state index contributed by atoms with van der Waals surface area (Å²) in [4.78, 5) is 26.2. The van der Waals surface area contributed by atoms with Gasteiger partial charge in [0.15, 0.2) is 11.5 Å². The van der Waals surface area contributed by atoms with Crippen LogP contribution in [0.3, 0.4) is 0 Å². The molecule has 0 aliphatic carbocycles. The molecule has 0 radical (unpaired) electrons. The molecular weight excluding hydrogens is 518 g/mol. The molecular formula is C29H30ClN5O4. The van der Waals surface area contributed by atoms with Crippen molar-refractivity contribution >= 4 is 40.2 Å². The fourth-order valence-corrected chi connectivity index (χ4v) is 4.81. The molecule has 1 aromatic heterocycles. The fraction of sp³-hybridized carbons (Fsp3) is 0.276. The van der Waals surface area contributed by atoms with E-state index in [9.17, 15) is 4.79 Å². The molecule has 202 valence electrons. The van der Waals surface area contributed by atoms with E-state index in [1.54, 1.807) is 49.5 Å². The average molecular weight is 548 g/mol. The lowest BCUT2D eigenvalue weighted by Gasteiger charge is -2.35. The first-order chi connectivity index (χ1) is 19.0. The molecule has 2 heterocycles. The number of piperazine rings is 1. The third-order valence-corrected chi connectivity index (χ3v) is 7.03. The normalized spacial score (nSPS) is 13.4. The monoisotopic (exact) mass is 547 g/mol. The van der Waals surface area contributed by atoms with Crippen LogP contribution in [-0.4, -0.2) is 67.8 Å². The number of fused-ring (bicyclic) bond motifs is 1. The fourth-order valence-electron chi connectivity index (χ4n) is 4.57. The van der Waals surface area contributed by atoms with Gasteiger partial charge >= 0.3 is 0 Å². The molecule has 39 heavy (non-hydrogen) atoms. The molecule has 10 heteroatoms. The Morgan fingerprint density at radius 2 is 1.64 bits per heavy atom. The molecule has 1 aliphatic heterocycles. The van der Waals surface area contributed by atoms with E-state index in [2.05, 4.69) is 17.1 Å². The molecule has 1 fully saturated rings. The Bertz CT molecular complexity index is 1480. The number of hydrogen-bond acceptors (Lipinski definition) is 8.